The Kier molecular flexibility index (Phi) is 7.83. The van der Waals surface area contributed by atoms with Crippen molar-refractivity contribution in [1.29, 1.82) is 0 Å². The lowest BCUT2D eigenvalue weighted by atomic mass is 10.1. The molecule has 0 saturated carbocycles. The number of primary amides is 1. The molecule has 28 heavy (non-hydrogen) atoms. The van der Waals surface area contributed by atoms with Gasteiger partial charge in [0.1, 0.15) is 5.75 Å². The largest absolute Gasteiger partial charge is 0.497 e. The number of carbonyl (C=O) groups excluding carboxylic acids is 3. The average molecular weight is 384 g/mol. The van der Waals surface area contributed by atoms with Crippen LogP contribution in [0.1, 0.15) is 29.6 Å². The van der Waals surface area contributed by atoms with Crippen molar-refractivity contribution in [3.8, 4) is 5.75 Å². The first-order chi connectivity index (χ1) is 13.5. The Bertz CT molecular complexity index is 804. The van der Waals surface area contributed by atoms with Gasteiger partial charge in [0, 0.05) is 29.9 Å². The first-order valence-electron chi connectivity index (χ1n) is 8.86. The molecule has 0 saturated heterocycles. The molecule has 5 N–H and O–H groups in total. The molecule has 2 aromatic rings. The zero-order valence-corrected chi connectivity index (χ0v) is 15.7. The molecule has 0 radical (unpaired) electrons. The molecule has 0 fully saturated rings. The summed E-state index contributed by atoms with van der Waals surface area (Å²) in [6, 6.07) is 13.1. The monoisotopic (exact) mass is 384 g/mol. The van der Waals surface area contributed by atoms with Crippen LogP contribution >= 0.6 is 0 Å². The van der Waals surface area contributed by atoms with Crippen LogP contribution in [0.15, 0.2) is 48.5 Å². The van der Waals surface area contributed by atoms with Gasteiger partial charge >= 0.3 is 6.03 Å². The molecule has 0 aliphatic rings. The van der Waals surface area contributed by atoms with Crippen LogP contribution in [0, 0.1) is 0 Å². The number of methoxy groups -OCH3 is 1. The topological polar surface area (TPSA) is 123 Å². The number of amides is 4. The fraction of sp³-hybridized carbons (Fsp3) is 0.250. The summed E-state index contributed by atoms with van der Waals surface area (Å²) in [4.78, 5) is 34.7. The summed E-state index contributed by atoms with van der Waals surface area (Å²) in [5.74, 6) is 0.335. The third kappa shape index (κ3) is 6.99. The molecule has 0 aromatic heterocycles. The zero-order chi connectivity index (χ0) is 20.4. The van der Waals surface area contributed by atoms with Gasteiger partial charge in [-0.25, -0.2) is 4.79 Å². The van der Waals surface area contributed by atoms with Crippen LogP contribution in [0.5, 0.6) is 5.75 Å². The Morgan fingerprint density at radius 3 is 2.11 bits per heavy atom. The van der Waals surface area contributed by atoms with E-state index in [-0.39, 0.29) is 11.8 Å². The minimum Gasteiger partial charge on any atom is -0.497 e. The molecular weight excluding hydrogens is 360 g/mol. The molecule has 0 aliphatic carbocycles. The van der Waals surface area contributed by atoms with Crippen molar-refractivity contribution in [3.63, 3.8) is 0 Å². The van der Waals surface area contributed by atoms with Gasteiger partial charge in [0.15, 0.2) is 0 Å². The highest BCUT2D eigenvalue weighted by molar-refractivity contribution is 6.04. The lowest BCUT2D eigenvalue weighted by molar-refractivity contribution is -0.116. The van der Waals surface area contributed by atoms with Crippen LogP contribution in [0.25, 0.3) is 0 Å². The highest BCUT2D eigenvalue weighted by Crippen LogP contribution is 2.17. The predicted molar refractivity (Wildman–Crippen MR) is 107 cm³/mol. The molecule has 0 aliphatic heterocycles. The summed E-state index contributed by atoms with van der Waals surface area (Å²) < 4.78 is 5.08. The van der Waals surface area contributed by atoms with E-state index in [1.807, 2.05) is 0 Å². The normalized spacial score (nSPS) is 10.0. The first kappa shape index (κ1) is 20.8. The Balaban J connectivity index is 1.79. The maximum absolute atomic E-state index is 12.3. The fourth-order valence-corrected chi connectivity index (χ4v) is 2.43. The van der Waals surface area contributed by atoms with E-state index in [1.54, 1.807) is 55.6 Å². The molecular formula is C20H24N4O4. The Hall–Kier alpha value is -3.55. The van der Waals surface area contributed by atoms with Gasteiger partial charge in [0.25, 0.3) is 5.91 Å². The summed E-state index contributed by atoms with van der Waals surface area (Å²) in [5, 5.41) is 8.04. The second kappa shape index (κ2) is 10.6. The second-order valence-electron chi connectivity index (χ2n) is 6.06. The lowest BCUT2D eigenvalue weighted by Crippen LogP contribution is -2.30. The van der Waals surface area contributed by atoms with Crippen LogP contribution in [-0.2, 0) is 4.79 Å². The number of nitrogens with two attached hydrogens (primary N) is 1. The van der Waals surface area contributed by atoms with Crippen molar-refractivity contribution in [1.82, 2.24) is 5.32 Å². The minimum absolute atomic E-state index is 0.130. The van der Waals surface area contributed by atoms with E-state index in [2.05, 4.69) is 16.0 Å². The van der Waals surface area contributed by atoms with Gasteiger partial charge in [-0.1, -0.05) is 0 Å². The Morgan fingerprint density at radius 1 is 0.893 bits per heavy atom. The summed E-state index contributed by atoms with van der Waals surface area (Å²) in [5.41, 5.74) is 6.71. The second-order valence-corrected chi connectivity index (χ2v) is 6.06. The minimum atomic E-state index is -0.569. The van der Waals surface area contributed by atoms with E-state index in [9.17, 15) is 14.4 Å². The van der Waals surface area contributed by atoms with Crippen molar-refractivity contribution in [2.24, 2.45) is 5.73 Å². The van der Waals surface area contributed by atoms with Crippen LogP contribution in [0.3, 0.4) is 0 Å². The van der Waals surface area contributed by atoms with Crippen LogP contribution in [0.2, 0.25) is 0 Å². The summed E-state index contributed by atoms with van der Waals surface area (Å²) in [6.45, 7) is 0.445. The van der Waals surface area contributed by atoms with Crippen molar-refractivity contribution >= 4 is 29.2 Å². The molecule has 0 heterocycles. The number of nitrogens with one attached hydrogen (secondary N) is 3. The number of anilines is 2. The molecule has 2 rings (SSSR count). The highest BCUT2D eigenvalue weighted by atomic mass is 16.5. The summed E-state index contributed by atoms with van der Waals surface area (Å²) in [6.07, 6.45) is 1.63. The molecule has 8 nitrogen and oxygen atoms in total. The number of ether oxygens (including phenoxy) is 1. The zero-order valence-electron chi connectivity index (χ0n) is 15.7. The maximum atomic E-state index is 12.3. The molecule has 0 atom stereocenters. The Morgan fingerprint density at radius 2 is 1.50 bits per heavy atom. The molecule has 4 amide bonds. The number of carbonyl (C=O) groups is 3. The number of unbranched alkanes of at least 4 members (excludes halogenated alkanes) is 1. The van der Waals surface area contributed by atoms with Gasteiger partial charge in [0.05, 0.1) is 7.11 Å². The van der Waals surface area contributed by atoms with Crippen molar-refractivity contribution < 1.29 is 19.1 Å². The smallest absolute Gasteiger partial charge is 0.312 e. The molecule has 0 bridgehead atoms. The van der Waals surface area contributed by atoms with Gasteiger partial charge in [-0.05, 0) is 61.4 Å². The molecule has 0 spiro atoms. The van der Waals surface area contributed by atoms with E-state index in [0.29, 0.717) is 48.5 Å². The Labute approximate surface area is 163 Å². The summed E-state index contributed by atoms with van der Waals surface area (Å²) >= 11 is 0. The number of urea groups is 1. The van der Waals surface area contributed by atoms with E-state index >= 15 is 0 Å². The average Bonchev–Trinajstić information content (AvgIpc) is 2.68. The van der Waals surface area contributed by atoms with Gasteiger partial charge < -0.3 is 26.4 Å². The van der Waals surface area contributed by atoms with E-state index in [0.717, 1.165) is 0 Å². The van der Waals surface area contributed by atoms with Gasteiger partial charge in [-0.15, -0.1) is 0 Å². The fourth-order valence-electron chi connectivity index (χ4n) is 2.43. The number of rotatable bonds is 9. The number of hydrogen-bond acceptors (Lipinski definition) is 4. The van der Waals surface area contributed by atoms with E-state index < -0.39 is 6.03 Å². The van der Waals surface area contributed by atoms with Crippen LogP contribution < -0.4 is 26.4 Å². The van der Waals surface area contributed by atoms with Crippen LogP contribution in [0.4, 0.5) is 16.2 Å². The van der Waals surface area contributed by atoms with Crippen molar-refractivity contribution in [3.05, 3.63) is 54.1 Å². The molecule has 0 unspecified atom stereocenters. The quantitative estimate of drug-likeness (QED) is 0.496. The van der Waals surface area contributed by atoms with Crippen molar-refractivity contribution in [2.45, 2.75) is 19.3 Å². The lowest BCUT2D eigenvalue weighted by Gasteiger charge is -2.08. The molecule has 8 heteroatoms. The number of hydrogen-bond donors (Lipinski definition) is 4. The first-order valence-corrected chi connectivity index (χ1v) is 8.86. The van der Waals surface area contributed by atoms with E-state index in [4.69, 9.17) is 10.5 Å². The van der Waals surface area contributed by atoms with Crippen LogP contribution in [-0.4, -0.2) is 31.5 Å². The third-order valence-corrected chi connectivity index (χ3v) is 3.91. The molecule has 148 valence electrons. The van der Waals surface area contributed by atoms with Gasteiger partial charge in [0.2, 0.25) is 5.91 Å². The summed E-state index contributed by atoms with van der Waals surface area (Å²) in [7, 11) is 1.58. The third-order valence-electron chi connectivity index (χ3n) is 3.91. The predicted octanol–water partition coefficient (Wildman–Crippen LogP) is 2.72. The van der Waals surface area contributed by atoms with Crippen molar-refractivity contribution in [2.75, 3.05) is 24.3 Å². The maximum Gasteiger partial charge on any atom is 0.312 e. The SMILES string of the molecule is COc1ccc(NC(=O)c2ccc(NC(=O)CCCCNC(N)=O)cc2)cc1. The standard InChI is InChI=1S/C20H24N4O4/c1-28-17-11-9-16(10-12-17)24-19(26)14-5-7-15(8-6-14)23-18(25)4-2-3-13-22-20(21)27/h5-12H,2-4,13H2,1H3,(H,23,25)(H,24,26)(H3,21,22,27). The van der Waals surface area contributed by atoms with E-state index in [1.165, 1.54) is 0 Å². The molecule has 2 aromatic carbocycles. The van der Waals surface area contributed by atoms with Gasteiger partial charge in [-0.3, -0.25) is 9.59 Å². The highest BCUT2D eigenvalue weighted by Gasteiger charge is 2.08. The number of benzene rings is 2. The van der Waals surface area contributed by atoms with Gasteiger partial charge in [-0.2, -0.15) is 0 Å².